The van der Waals surface area contributed by atoms with Crippen LogP contribution < -0.4 is 0 Å². The number of halogens is 2. The first-order valence-electron chi connectivity index (χ1n) is 5.01. The molecule has 0 N–H and O–H groups in total. The number of hydrogen-bond acceptors (Lipinski definition) is 0. The van der Waals surface area contributed by atoms with E-state index in [1.54, 1.807) is 0 Å². The van der Waals surface area contributed by atoms with Crippen LogP contribution in [0.5, 0.6) is 0 Å². The summed E-state index contributed by atoms with van der Waals surface area (Å²) in [5, 5.41) is 0. The maximum absolute atomic E-state index is 4.89. The average molecular weight is 280 g/mol. The van der Waals surface area contributed by atoms with Crippen molar-refractivity contribution in [1.29, 1.82) is 0 Å². The average Bonchev–Trinajstić information content (AvgIpc) is 2.19. The van der Waals surface area contributed by atoms with Gasteiger partial charge in [0.15, 0.2) is 0 Å². The molecule has 84 valence electrons. The van der Waals surface area contributed by atoms with E-state index in [2.05, 4.69) is 52.0 Å². The Morgan fingerprint density at radius 3 is 1.60 bits per heavy atom. The molecule has 0 amide bonds. The summed E-state index contributed by atoms with van der Waals surface area (Å²) in [4.78, 5) is 0. The van der Waals surface area contributed by atoms with E-state index in [9.17, 15) is 0 Å². The summed E-state index contributed by atoms with van der Waals surface area (Å²) in [6.45, 7) is 8.82. The molecule has 0 unspecified atom stereocenters. The summed E-state index contributed by atoms with van der Waals surface area (Å²) in [5.74, 6) is 1.17. The van der Waals surface area contributed by atoms with E-state index in [0.717, 1.165) is 0 Å². The third kappa shape index (κ3) is 6.63. The topological polar surface area (TPSA) is 0 Å². The van der Waals surface area contributed by atoms with Gasteiger partial charge in [-0.1, -0.05) is 27.7 Å². The molecule has 0 heterocycles. The van der Waals surface area contributed by atoms with Gasteiger partial charge in [-0.05, 0) is 11.8 Å². The van der Waals surface area contributed by atoms with Gasteiger partial charge < -0.3 is 0 Å². The molecular weight excluding hydrogens is 263 g/mol. The number of rotatable bonds is 2. The van der Waals surface area contributed by atoms with Crippen LogP contribution in [0.25, 0.3) is 0 Å². The van der Waals surface area contributed by atoms with Crippen molar-refractivity contribution in [1.82, 2.24) is 0 Å². The molecule has 0 bridgehead atoms. The third-order valence-electron chi connectivity index (χ3n) is 2.08. The second-order valence-electron chi connectivity index (χ2n) is 3.94. The summed E-state index contributed by atoms with van der Waals surface area (Å²) in [7, 11) is 9.78. The van der Waals surface area contributed by atoms with Gasteiger partial charge in [-0.2, -0.15) is 35.4 Å². The van der Waals surface area contributed by atoms with Gasteiger partial charge in [0.2, 0.25) is 0 Å². The van der Waals surface area contributed by atoms with Gasteiger partial charge in [0, 0.05) is 0 Å². The summed E-state index contributed by atoms with van der Waals surface area (Å²) in [5.41, 5.74) is 2.64. The Hall–Kier alpha value is 0.514. The predicted molar refractivity (Wildman–Crippen MR) is 65.2 cm³/mol. The summed E-state index contributed by atoms with van der Waals surface area (Å²) < 4.78 is 0. The number of hydrogen-bond donors (Lipinski definition) is 0. The second-order valence-corrected chi connectivity index (χ2v) is 6.52. The van der Waals surface area contributed by atoms with Crippen LogP contribution in [-0.4, -0.2) is 0 Å². The fourth-order valence-corrected chi connectivity index (χ4v) is 1.18. The Kier molecular flexibility index (Phi) is 8.94. The molecule has 0 fully saturated rings. The van der Waals surface area contributed by atoms with Crippen molar-refractivity contribution in [3.8, 4) is 0 Å². The van der Waals surface area contributed by atoms with Crippen LogP contribution >= 0.6 is 18.6 Å². The van der Waals surface area contributed by atoms with Crippen LogP contribution in [0.15, 0.2) is 18.2 Å². The van der Waals surface area contributed by atoms with Crippen molar-refractivity contribution in [3.63, 3.8) is 0 Å². The SMILES string of the molecule is CC(C)c1[c-]c(C(C)C)ccc1.[Cl][Ti][Cl]. The van der Waals surface area contributed by atoms with Crippen LogP contribution in [0.2, 0.25) is 0 Å². The van der Waals surface area contributed by atoms with Gasteiger partial charge in [0.05, 0.1) is 0 Å². The molecule has 0 nitrogen and oxygen atoms in total. The fraction of sp³-hybridized carbons (Fsp3) is 0.500. The normalized spacial score (nSPS) is 9.87. The molecule has 15 heavy (non-hydrogen) atoms. The van der Waals surface area contributed by atoms with Crippen molar-refractivity contribution in [3.05, 3.63) is 35.4 Å². The molecule has 0 saturated heterocycles. The van der Waals surface area contributed by atoms with Crippen molar-refractivity contribution >= 4 is 18.6 Å². The molecule has 1 rings (SSSR count). The quantitative estimate of drug-likeness (QED) is 0.521. The summed E-state index contributed by atoms with van der Waals surface area (Å²) in [6, 6.07) is 9.87. The Morgan fingerprint density at radius 1 is 1.00 bits per heavy atom. The molecular formula is C12H17Cl2Ti-. The van der Waals surface area contributed by atoms with Crippen LogP contribution in [0, 0.1) is 6.07 Å². The van der Waals surface area contributed by atoms with E-state index in [4.69, 9.17) is 18.6 Å². The first kappa shape index (κ1) is 15.5. The maximum atomic E-state index is 4.89. The van der Waals surface area contributed by atoms with Crippen LogP contribution in [0.1, 0.15) is 50.7 Å². The van der Waals surface area contributed by atoms with Gasteiger partial charge in [-0.25, -0.2) is 0 Å². The van der Waals surface area contributed by atoms with E-state index in [0.29, 0.717) is 11.8 Å². The predicted octanol–water partition coefficient (Wildman–Crippen LogP) is 5.11. The third-order valence-corrected chi connectivity index (χ3v) is 2.08. The molecule has 0 aromatic heterocycles. The Morgan fingerprint density at radius 2 is 1.33 bits per heavy atom. The Bertz CT molecular complexity index is 249. The van der Waals surface area contributed by atoms with E-state index in [1.807, 2.05) is 0 Å². The van der Waals surface area contributed by atoms with Gasteiger partial charge in [-0.3, -0.25) is 0 Å². The van der Waals surface area contributed by atoms with Crippen molar-refractivity contribution < 1.29 is 17.0 Å². The fourth-order valence-electron chi connectivity index (χ4n) is 1.18. The molecule has 0 aliphatic carbocycles. The van der Waals surface area contributed by atoms with Gasteiger partial charge in [0.1, 0.15) is 0 Å². The van der Waals surface area contributed by atoms with Crippen molar-refractivity contribution in [2.45, 2.75) is 39.5 Å². The Balaban J connectivity index is 0.000000583. The summed E-state index contributed by atoms with van der Waals surface area (Å²) >= 11 is -0.556. The molecule has 3 heteroatoms. The zero-order valence-electron chi connectivity index (χ0n) is 9.64. The first-order chi connectivity index (χ1) is 7.02. The zero-order chi connectivity index (χ0) is 11.8. The molecule has 0 atom stereocenters. The molecule has 0 spiro atoms. The molecule has 0 aliphatic heterocycles. The monoisotopic (exact) mass is 279 g/mol. The van der Waals surface area contributed by atoms with Crippen LogP contribution in [-0.2, 0) is 17.0 Å². The van der Waals surface area contributed by atoms with E-state index >= 15 is 0 Å². The molecule has 1 aromatic carbocycles. The van der Waals surface area contributed by atoms with Crippen LogP contribution in [0.4, 0.5) is 0 Å². The van der Waals surface area contributed by atoms with Crippen LogP contribution in [0.3, 0.4) is 0 Å². The standard InChI is InChI=1S/C12H17.2ClH.Ti/c1-9(2)11-6-5-7-12(8-11)10(3)4;;;/h5-7,9-10H,1-4H3;2*1H;/q-1;;;+2/p-2. The van der Waals surface area contributed by atoms with Gasteiger partial charge >= 0.3 is 35.6 Å². The Labute approximate surface area is 110 Å². The zero-order valence-corrected chi connectivity index (χ0v) is 12.7. The molecule has 1 aromatic rings. The number of benzene rings is 1. The minimum atomic E-state index is -0.556. The first-order valence-corrected chi connectivity index (χ1v) is 9.31. The van der Waals surface area contributed by atoms with E-state index in [-0.39, 0.29) is 0 Å². The minimum absolute atomic E-state index is 0.556. The van der Waals surface area contributed by atoms with Gasteiger partial charge in [-0.15, -0.1) is 0 Å². The van der Waals surface area contributed by atoms with Crippen molar-refractivity contribution in [2.24, 2.45) is 0 Å². The van der Waals surface area contributed by atoms with E-state index in [1.165, 1.54) is 11.1 Å². The second kappa shape index (κ2) is 8.64. The van der Waals surface area contributed by atoms with Gasteiger partial charge in [0.25, 0.3) is 0 Å². The molecule has 0 saturated carbocycles. The molecule has 0 aliphatic rings. The summed E-state index contributed by atoms with van der Waals surface area (Å²) in [6.07, 6.45) is 0. The molecule has 0 radical (unpaired) electrons. The van der Waals surface area contributed by atoms with Crippen molar-refractivity contribution in [2.75, 3.05) is 0 Å². The van der Waals surface area contributed by atoms with E-state index < -0.39 is 17.0 Å².